The third kappa shape index (κ3) is 25.8. The van der Waals surface area contributed by atoms with Gasteiger partial charge >= 0.3 is 5.97 Å². The number of carbonyl (C=O) groups is 13. The van der Waals surface area contributed by atoms with E-state index in [0.29, 0.717) is 5.56 Å². The normalized spacial score (nSPS) is 25.0. The fourth-order valence-electron chi connectivity index (χ4n) is 13.1. The lowest BCUT2D eigenvalue weighted by molar-refractivity contribution is -0.157. The van der Waals surface area contributed by atoms with Crippen LogP contribution in [0.5, 0.6) is 0 Å². The van der Waals surface area contributed by atoms with Crippen molar-refractivity contribution in [2.24, 2.45) is 59.2 Å². The Morgan fingerprint density at radius 2 is 0.990 bits per heavy atom. The van der Waals surface area contributed by atoms with E-state index in [1.54, 1.807) is 60.6 Å². The standard InChI is InChI=1S/C76H124N8O15/c1-25-54-40-64(88)68(69(92)50(15)27-26-49(14)55-30-28-53(29-31-55)39-56(85)32-33-66(90)91)84(24)76(99)67(48(12)13)83(23)75(98)61(37-46(8)9)82(22)74(97)60(36-45(6)7)81(21)71(94)52(17)77-70(93)51(16)38-62(86)59(35-44(4)5)80(20)73(96)57(47(10)11)41-63(87)58(34-43(2)3)79(19)65(89)42-78(18)72(54)95/h26,28-31,43-48,50-52,54,57-61,67-69,92H,25,27,32-42H2,1-24H3,(H,77,93)(H,90,91)/b49-26-/t50-,51-,52-,54-,57+,58+,59+,60+,61+,67+,68?,69-/m1/s1. The smallest absolute Gasteiger partial charge is 0.303 e. The fourth-order valence-corrected chi connectivity index (χ4v) is 13.1. The summed E-state index contributed by atoms with van der Waals surface area (Å²) in [6.07, 6.45) is -0.0862. The number of nitrogens with zero attached hydrogens (tertiary/aromatic N) is 7. The summed E-state index contributed by atoms with van der Waals surface area (Å²) in [5.74, 6) is -12.9. The number of benzene rings is 1. The van der Waals surface area contributed by atoms with Crippen LogP contribution in [0.3, 0.4) is 0 Å². The van der Waals surface area contributed by atoms with Crippen molar-refractivity contribution >= 4 is 81.9 Å². The molecule has 1 fully saturated rings. The van der Waals surface area contributed by atoms with E-state index in [0.717, 1.165) is 16.0 Å². The molecular formula is C76H124N8O15. The van der Waals surface area contributed by atoms with Crippen LogP contribution in [0.25, 0.3) is 5.57 Å². The Bertz CT molecular complexity index is 2990. The lowest BCUT2D eigenvalue weighted by Crippen LogP contribution is -2.61. The number of amides is 8. The van der Waals surface area contributed by atoms with Gasteiger partial charge in [0.15, 0.2) is 17.3 Å². The van der Waals surface area contributed by atoms with Gasteiger partial charge in [-0.15, -0.1) is 0 Å². The van der Waals surface area contributed by atoms with Gasteiger partial charge in [0.05, 0.1) is 31.2 Å². The Kier molecular flexibility index (Phi) is 35.8. The molecule has 23 heteroatoms. The van der Waals surface area contributed by atoms with Crippen LogP contribution >= 0.6 is 0 Å². The molecule has 0 aromatic heterocycles. The number of nitrogens with one attached hydrogen (secondary N) is 1. The zero-order valence-electron chi connectivity index (χ0n) is 64.3. The minimum atomic E-state index is -1.61. The number of aliphatic hydroxyl groups excluding tert-OH is 1. The summed E-state index contributed by atoms with van der Waals surface area (Å²) in [4.78, 5) is 195. The van der Waals surface area contributed by atoms with Gasteiger partial charge in [0.2, 0.25) is 47.3 Å². The molecule has 0 bridgehead atoms. The lowest BCUT2D eigenvalue weighted by atomic mass is 9.84. The Balaban J connectivity index is 3.00. The topological polar surface area (TPSA) is 297 Å². The number of carboxylic acids is 1. The summed E-state index contributed by atoms with van der Waals surface area (Å²) in [6.45, 7) is 29.9. The minimum Gasteiger partial charge on any atom is -0.481 e. The fraction of sp³-hybridized carbons (Fsp3) is 0.724. The average molecular weight is 1390 g/mol. The number of carboxylic acid groups (broad SMARTS) is 1. The highest BCUT2D eigenvalue weighted by atomic mass is 16.4. The van der Waals surface area contributed by atoms with Gasteiger partial charge in [0, 0.05) is 99.2 Å². The molecular weight excluding hydrogens is 1260 g/mol. The number of aliphatic carboxylic acids is 1. The van der Waals surface area contributed by atoms with E-state index in [9.17, 15) is 48.3 Å². The molecule has 12 atom stereocenters. The van der Waals surface area contributed by atoms with Crippen LogP contribution in [0.15, 0.2) is 30.3 Å². The first-order valence-electron chi connectivity index (χ1n) is 35.7. The van der Waals surface area contributed by atoms with E-state index < -0.39 is 167 Å². The Hall–Kier alpha value is -7.17. The van der Waals surface area contributed by atoms with Gasteiger partial charge in [-0.05, 0) is 110 Å². The second-order valence-electron chi connectivity index (χ2n) is 30.7. The van der Waals surface area contributed by atoms with E-state index in [1.165, 1.54) is 85.7 Å². The summed E-state index contributed by atoms with van der Waals surface area (Å²) in [5.41, 5.74) is 2.27. The SMILES string of the molecule is CC[C@@H]1CC(=O)C([C@H](O)[C@H](C)C/C=C(/C)c2ccc(CC(=O)CCC(=O)O)cc2)N(C)C(=O)[C@H](C(C)C)N(C)C(=O)[C@H](CC(C)C)N(C)C(=O)[C@H](CC(C)C)N(C)C(=O)[C@@H](C)NC(=O)[C@H](C)CC(=O)[C@H](CC(C)C)N(C)C(=O)[C@H](C(C)C)CC(=O)[C@H](CC(C)C)N(C)C(=O)CN(C)C1=O. The molecule has 0 saturated carbocycles. The van der Waals surface area contributed by atoms with Crippen molar-refractivity contribution in [3.8, 4) is 0 Å². The number of ketones is 4. The maximum atomic E-state index is 15.5. The van der Waals surface area contributed by atoms with Crippen LogP contribution in [0, 0.1) is 59.2 Å². The van der Waals surface area contributed by atoms with E-state index in [4.69, 9.17) is 5.11 Å². The molecule has 1 aliphatic heterocycles. The maximum Gasteiger partial charge on any atom is 0.303 e. The highest BCUT2D eigenvalue weighted by Crippen LogP contribution is 2.30. The van der Waals surface area contributed by atoms with Crippen molar-refractivity contribution in [3.63, 3.8) is 0 Å². The van der Waals surface area contributed by atoms with Crippen LogP contribution in [-0.4, -0.2) is 225 Å². The number of hydrogen-bond donors (Lipinski definition) is 3. The predicted molar refractivity (Wildman–Crippen MR) is 383 cm³/mol. The molecule has 1 unspecified atom stereocenters. The van der Waals surface area contributed by atoms with E-state index >= 15 is 19.2 Å². The molecule has 1 aromatic rings. The number of carbonyl (C=O) groups excluding carboxylic acids is 12. The number of Topliss-reactive ketones (excluding diaryl/α,β-unsaturated/α-hetero) is 4. The first-order chi connectivity index (χ1) is 45.8. The number of hydrogen-bond acceptors (Lipinski definition) is 14. The zero-order valence-corrected chi connectivity index (χ0v) is 64.3. The van der Waals surface area contributed by atoms with Gasteiger partial charge in [-0.2, -0.15) is 0 Å². The molecule has 2 rings (SSSR count). The second-order valence-corrected chi connectivity index (χ2v) is 30.7. The van der Waals surface area contributed by atoms with Crippen molar-refractivity contribution in [1.82, 2.24) is 39.6 Å². The predicted octanol–water partition coefficient (Wildman–Crippen LogP) is 8.04. The van der Waals surface area contributed by atoms with Gasteiger partial charge in [-0.3, -0.25) is 62.3 Å². The molecule has 0 aliphatic carbocycles. The molecule has 558 valence electrons. The van der Waals surface area contributed by atoms with Gasteiger partial charge < -0.3 is 49.8 Å². The molecule has 1 aliphatic rings. The van der Waals surface area contributed by atoms with Gasteiger partial charge in [-0.1, -0.05) is 134 Å². The van der Waals surface area contributed by atoms with Crippen molar-refractivity contribution in [1.29, 1.82) is 0 Å². The molecule has 1 saturated heterocycles. The van der Waals surface area contributed by atoms with Gasteiger partial charge in [0.25, 0.3) is 0 Å². The molecule has 3 N–H and O–H groups in total. The summed E-state index contributed by atoms with van der Waals surface area (Å²) < 4.78 is 0. The third-order valence-corrected chi connectivity index (χ3v) is 19.5. The Morgan fingerprint density at radius 1 is 0.535 bits per heavy atom. The van der Waals surface area contributed by atoms with Gasteiger partial charge in [-0.25, -0.2) is 0 Å². The maximum absolute atomic E-state index is 15.5. The van der Waals surface area contributed by atoms with E-state index in [2.05, 4.69) is 5.32 Å². The zero-order chi connectivity index (χ0) is 76.1. The van der Waals surface area contributed by atoms with E-state index in [-0.39, 0.29) is 100 Å². The van der Waals surface area contributed by atoms with Crippen molar-refractivity contribution in [2.75, 3.05) is 55.9 Å². The minimum absolute atomic E-state index is 0.0617. The van der Waals surface area contributed by atoms with Crippen LogP contribution in [0.4, 0.5) is 0 Å². The molecule has 1 aromatic carbocycles. The van der Waals surface area contributed by atoms with Crippen LogP contribution in [-0.2, 0) is 68.7 Å². The monoisotopic (exact) mass is 1390 g/mol. The van der Waals surface area contributed by atoms with E-state index in [1.807, 2.05) is 80.5 Å². The molecule has 0 radical (unpaired) electrons. The van der Waals surface area contributed by atoms with Crippen LogP contribution in [0.1, 0.15) is 199 Å². The number of aliphatic hydroxyl groups is 1. The Labute approximate surface area is 591 Å². The first-order valence-corrected chi connectivity index (χ1v) is 35.7. The quantitative estimate of drug-likeness (QED) is 0.105. The highest BCUT2D eigenvalue weighted by Gasteiger charge is 2.46. The van der Waals surface area contributed by atoms with Crippen molar-refractivity contribution in [2.45, 2.75) is 243 Å². The molecule has 0 spiro atoms. The van der Waals surface area contributed by atoms with Crippen LogP contribution in [0.2, 0.25) is 0 Å². The summed E-state index contributed by atoms with van der Waals surface area (Å²) >= 11 is 0. The molecule has 23 nitrogen and oxygen atoms in total. The number of likely N-dealkylation sites (N-methyl/N-ethyl adjacent to an activating group) is 7. The summed E-state index contributed by atoms with van der Waals surface area (Å²) in [7, 11) is 10.1. The first kappa shape index (κ1) is 87.9. The highest BCUT2D eigenvalue weighted by molar-refractivity contribution is 6.00. The van der Waals surface area contributed by atoms with Crippen LogP contribution < -0.4 is 5.32 Å². The van der Waals surface area contributed by atoms with Crippen molar-refractivity contribution in [3.05, 3.63) is 41.5 Å². The summed E-state index contributed by atoms with van der Waals surface area (Å²) in [5, 5.41) is 24.4. The lowest BCUT2D eigenvalue weighted by Gasteiger charge is -2.41. The average Bonchev–Trinajstić information content (AvgIpc) is 0.805. The second kappa shape index (κ2) is 40.3. The molecule has 8 amide bonds. The summed E-state index contributed by atoms with van der Waals surface area (Å²) in [6, 6.07) is -1.29. The van der Waals surface area contributed by atoms with Crippen molar-refractivity contribution < 1.29 is 72.5 Å². The van der Waals surface area contributed by atoms with Gasteiger partial charge in [0.1, 0.15) is 36.0 Å². The number of allylic oxidation sites excluding steroid dienone is 2. The third-order valence-electron chi connectivity index (χ3n) is 19.5. The largest absolute Gasteiger partial charge is 0.481 e. The Morgan fingerprint density at radius 3 is 1.46 bits per heavy atom. The molecule has 1 heterocycles. The number of rotatable bonds is 21. The molecule has 99 heavy (non-hydrogen) atoms.